The summed E-state index contributed by atoms with van der Waals surface area (Å²) in [7, 11) is 4.60. The Labute approximate surface area is 227 Å². The van der Waals surface area contributed by atoms with Crippen LogP contribution in [0, 0.1) is 0 Å². The van der Waals surface area contributed by atoms with E-state index in [2.05, 4.69) is 9.88 Å². The first-order valence-electron chi connectivity index (χ1n) is 12.6. The number of piperazine rings is 1. The van der Waals surface area contributed by atoms with Gasteiger partial charge in [0, 0.05) is 43.5 Å². The number of benzene rings is 3. The van der Waals surface area contributed by atoms with Gasteiger partial charge in [-0.05, 0) is 54.6 Å². The van der Waals surface area contributed by atoms with E-state index in [1.165, 1.54) is 21.3 Å². The minimum Gasteiger partial charge on any atom is -0.493 e. The third-order valence-electron chi connectivity index (χ3n) is 6.53. The maximum absolute atomic E-state index is 13.3. The Morgan fingerprint density at radius 2 is 1.41 bits per heavy atom. The zero-order valence-electron chi connectivity index (χ0n) is 22.2. The van der Waals surface area contributed by atoms with Crippen molar-refractivity contribution in [2.45, 2.75) is 0 Å². The molecular weight excluding hydrogens is 496 g/mol. The molecule has 9 nitrogen and oxygen atoms in total. The van der Waals surface area contributed by atoms with Gasteiger partial charge in [0.1, 0.15) is 11.5 Å². The Morgan fingerprint density at radius 3 is 2.03 bits per heavy atom. The Morgan fingerprint density at radius 1 is 0.769 bits per heavy atom. The van der Waals surface area contributed by atoms with Gasteiger partial charge in [0.2, 0.25) is 11.7 Å². The van der Waals surface area contributed by atoms with Crippen molar-refractivity contribution in [3.05, 3.63) is 84.6 Å². The Balaban J connectivity index is 1.24. The highest BCUT2D eigenvalue weighted by Gasteiger charge is 2.26. The number of ether oxygens (including phenoxy) is 4. The van der Waals surface area contributed by atoms with Gasteiger partial charge in [0.15, 0.2) is 11.5 Å². The summed E-state index contributed by atoms with van der Waals surface area (Å²) in [4.78, 5) is 26.5. The average Bonchev–Trinajstić information content (AvgIpc) is 3.01. The number of aromatic nitrogens is 2. The van der Waals surface area contributed by atoms with E-state index in [-0.39, 0.29) is 5.91 Å². The highest BCUT2D eigenvalue weighted by Crippen LogP contribution is 2.38. The second-order valence-corrected chi connectivity index (χ2v) is 8.87. The molecule has 5 rings (SSSR count). The smallest absolute Gasteiger partial charge is 0.254 e. The number of anilines is 1. The first-order chi connectivity index (χ1) is 19.1. The molecular formula is C30H30N4O5. The molecule has 39 heavy (non-hydrogen) atoms. The van der Waals surface area contributed by atoms with Crippen molar-refractivity contribution in [1.29, 1.82) is 0 Å². The lowest BCUT2D eigenvalue weighted by atomic mass is 10.1. The minimum absolute atomic E-state index is 0.0959. The van der Waals surface area contributed by atoms with Crippen LogP contribution in [0.2, 0.25) is 0 Å². The SMILES string of the molecule is COc1cc(C(=O)N2CCN(c3nccc(-c4ccc(Oc5ccccc5)cc4)n3)CC2)cc(OC)c1OC. The zero-order chi connectivity index (χ0) is 27.2. The average molecular weight is 527 g/mol. The van der Waals surface area contributed by atoms with Gasteiger partial charge in [-0.3, -0.25) is 4.79 Å². The number of hydrogen-bond donors (Lipinski definition) is 0. The number of hydrogen-bond acceptors (Lipinski definition) is 8. The highest BCUT2D eigenvalue weighted by molar-refractivity contribution is 5.95. The van der Waals surface area contributed by atoms with Gasteiger partial charge in [-0.15, -0.1) is 0 Å². The molecule has 0 N–H and O–H groups in total. The van der Waals surface area contributed by atoms with Gasteiger partial charge in [-0.1, -0.05) is 18.2 Å². The molecule has 0 radical (unpaired) electrons. The Bertz CT molecular complexity index is 1400. The van der Waals surface area contributed by atoms with E-state index in [4.69, 9.17) is 23.9 Å². The van der Waals surface area contributed by atoms with Crippen LogP contribution in [0.5, 0.6) is 28.7 Å². The summed E-state index contributed by atoms with van der Waals surface area (Å²) in [6.07, 6.45) is 1.76. The minimum atomic E-state index is -0.0959. The van der Waals surface area contributed by atoms with E-state index in [0.717, 1.165) is 22.8 Å². The quantitative estimate of drug-likeness (QED) is 0.320. The number of carbonyl (C=O) groups is 1. The standard InChI is InChI=1S/C30H30N4O5/c1-36-26-19-22(20-27(37-2)28(26)38-3)29(35)33-15-17-34(18-16-33)30-31-14-13-25(32-30)21-9-11-24(12-10-21)39-23-7-5-4-6-8-23/h4-14,19-20H,15-18H2,1-3H3. The Kier molecular flexibility index (Phi) is 7.77. The van der Waals surface area contributed by atoms with Crippen LogP contribution in [0.15, 0.2) is 79.0 Å². The lowest BCUT2D eigenvalue weighted by Gasteiger charge is -2.35. The van der Waals surface area contributed by atoms with Crippen LogP contribution in [0.1, 0.15) is 10.4 Å². The molecule has 0 bridgehead atoms. The zero-order valence-corrected chi connectivity index (χ0v) is 22.2. The van der Waals surface area contributed by atoms with Gasteiger partial charge in [-0.25, -0.2) is 9.97 Å². The molecule has 1 amide bonds. The molecule has 2 heterocycles. The van der Waals surface area contributed by atoms with Crippen LogP contribution < -0.4 is 23.8 Å². The predicted octanol–water partition coefficient (Wildman–Crippen LogP) is 4.92. The van der Waals surface area contributed by atoms with E-state index in [9.17, 15) is 4.79 Å². The number of rotatable bonds is 8. The molecule has 4 aromatic rings. The molecule has 1 fully saturated rings. The number of methoxy groups -OCH3 is 3. The summed E-state index contributed by atoms with van der Waals surface area (Å²) in [6, 6.07) is 22.7. The van der Waals surface area contributed by atoms with Gasteiger partial charge in [0.05, 0.1) is 27.0 Å². The fraction of sp³-hybridized carbons (Fsp3) is 0.233. The molecule has 0 unspecified atom stereocenters. The number of amides is 1. The maximum atomic E-state index is 13.3. The van der Waals surface area contributed by atoms with Crippen molar-refractivity contribution in [3.63, 3.8) is 0 Å². The summed E-state index contributed by atoms with van der Waals surface area (Å²) in [6.45, 7) is 2.30. The summed E-state index contributed by atoms with van der Waals surface area (Å²) in [5, 5.41) is 0. The van der Waals surface area contributed by atoms with Crippen molar-refractivity contribution >= 4 is 11.9 Å². The first-order valence-corrected chi connectivity index (χ1v) is 12.6. The molecule has 1 aromatic heterocycles. The second kappa shape index (κ2) is 11.7. The lowest BCUT2D eigenvalue weighted by Crippen LogP contribution is -2.49. The number of carbonyl (C=O) groups excluding carboxylic acids is 1. The van der Waals surface area contributed by atoms with Gasteiger partial charge in [-0.2, -0.15) is 0 Å². The lowest BCUT2D eigenvalue weighted by molar-refractivity contribution is 0.0745. The molecule has 0 aliphatic carbocycles. The van der Waals surface area contributed by atoms with Crippen molar-refractivity contribution in [1.82, 2.24) is 14.9 Å². The van der Waals surface area contributed by atoms with E-state index in [0.29, 0.717) is 54.9 Å². The van der Waals surface area contributed by atoms with E-state index < -0.39 is 0 Å². The summed E-state index contributed by atoms with van der Waals surface area (Å²) in [5.74, 6) is 3.44. The largest absolute Gasteiger partial charge is 0.493 e. The van der Waals surface area contributed by atoms with Crippen molar-refractivity contribution in [2.24, 2.45) is 0 Å². The fourth-order valence-corrected chi connectivity index (χ4v) is 4.48. The summed E-state index contributed by atoms with van der Waals surface area (Å²) >= 11 is 0. The number of nitrogens with zero attached hydrogens (tertiary/aromatic N) is 4. The normalized spacial score (nSPS) is 13.1. The van der Waals surface area contributed by atoms with Crippen LogP contribution in [0.3, 0.4) is 0 Å². The topological polar surface area (TPSA) is 86.3 Å². The van der Waals surface area contributed by atoms with E-state index in [1.54, 1.807) is 18.3 Å². The fourth-order valence-electron chi connectivity index (χ4n) is 4.48. The monoisotopic (exact) mass is 526 g/mol. The van der Waals surface area contributed by atoms with Crippen molar-refractivity contribution in [2.75, 3.05) is 52.4 Å². The number of para-hydroxylation sites is 1. The second-order valence-electron chi connectivity index (χ2n) is 8.87. The highest BCUT2D eigenvalue weighted by atomic mass is 16.5. The predicted molar refractivity (Wildman–Crippen MR) is 148 cm³/mol. The van der Waals surface area contributed by atoms with Crippen LogP contribution in [-0.2, 0) is 0 Å². The third-order valence-corrected chi connectivity index (χ3v) is 6.53. The molecule has 1 aliphatic heterocycles. The molecule has 0 saturated carbocycles. The van der Waals surface area contributed by atoms with Gasteiger partial charge < -0.3 is 28.7 Å². The summed E-state index contributed by atoms with van der Waals surface area (Å²) in [5.41, 5.74) is 2.27. The van der Waals surface area contributed by atoms with Crippen molar-refractivity contribution < 1.29 is 23.7 Å². The van der Waals surface area contributed by atoms with Crippen LogP contribution in [0.4, 0.5) is 5.95 Å². The maximum Gasteiger partial charge on any atom is 0.254 e. The third kappa shape index (κ3) is 5.72. The molecule has 3 aromatic carbocycles. The van der Waals surface area contributed by atoms with Crippen LogP contribution in [0.25, 0.3) is 11.3 Å². The molecule has 0 spiro atoms. The van der Waals surface area contributed by atoms with Crippen LogP contribution >= 0.6 is 0 Å². The molecule has 200 valence electrons. The van der Waals surface area contributed by atoms with Crippen molar-refractivity contribution in [3.8, 4) is 40.0 Å². The molecule has 9 heteroatoms. The van der Waals surface area contributed by atoms with Gasteiger partial charge in [0.25, 0.3) is 5.91 Å². The Hall–Kier alpha value is -4.79. The first kappa shape index (κ1) is 25.8. The van der Waals surface area contributed by atoms with Gasteiger partial charge >= 0.3 is 0 Å². The van der Waals surface area contributed by atoms with E-state index in [1.807, 2.05) is 65.6 Å². The van der Waals surface area contributed by atoms with E-state index >= 15 is 0 Å². The molecule has 0 atom stereocenters. The molecule has 1 saturated heterocycles. The molecule has 1 aliphatic rings. The van der Waals surface area contributed by atoms with Crippen LogP contribution in [-0.4, -0.2) is 68.3 Å². The summed E-state index contributed by atoms with van der Waals surface area (Å²) < 4.78 is 22.1.